The Morgan fingerprint density at radius 1 is 1.06 bits per heavy atom. The van der Waals surface area contributed by atoms with Crippen molar-refractivity contribution in [3.63, 3.8) is 0 Å². The fourth-order valence-electron chi connectivity index (χ4n) is 4.23. The van der Waals surface area contributed by atoms with Gasteiger partial charge in [0.2, 0.25) is 0 Å². The minimum Gasteiger partial charge on any atom is -0.318 e. The lowest BCUT2D eigenvalue weighted by Gasteiger charge is -2.11. The van der Waals surface area contributed by atoms with Gasteiger partial charge in [-0.15, -0.1) is 0 Å². The van der Waals surface area contributed by atoms with Crippen molar-refractivity contribution in [3.05, 3.63) is 93.0 Å². The molecule has 7 heteroatoms. The van der Waals surface area contributed by atoms with Crippen molar-refractivity contribution in [2.45, 2.75) is 32.2 Å². The molecule has 0 spiro atoms. The number of aryl methyl sites for hydroxylation is 2. The van der Waals surface area contributed by atoms with Gasteiger partial charge in [0.05, 0.1) is 17.4 Å². The molecule has 164 valence electrons. The summed E-state index contributed by atoms with van der Waals surface area (Å²) in [6, 6.07) is 13.2. The van der Waals surface area contributed by atoms with Gasteiger partial charge >= 0.3 is 0 Å². The van der Waals surface area contributed by atoms with Crippen molar-refractivity contribution >= 4 is 0 Å². The van der Waals surface area contributed by atoms with Crippen LogP contribution in [0.1, 0.15) is 36.8 Å². The molecule has 0 bridgehead atoms. The molecule has 1 fully saturated rings. The van der Waals surface area contributed by atoms with E-state index < -0.39 is 0 Å². The van der Waals surface area contributed by atoms with Crippen molar-refractivity contribution in [3.8, 4) is 34.0 Å². The number of hydrogen-bond acceptors (Lipinski definition) is 4. The summed E-state index contributed by atoms with van der Waals surface area (Å²) in [7, 11) is 1.70. The lowest BCUT2D eigenvalue weighted by atomic mass is 9.99. The highest BCUT2D eigenvalue weighted by Gasteiger charge is 2.27. The molecule has 0 N–H and O–H groups in total. The maximum atomic E-state index is 12.4. The van der Waals surface area contributed by atoms with Crippen molar-refractivity contribution in [1.29, 1.82) is 5.26 Å². The van der Waals surface area contributed by atoms with Gasteiger partial charge in [0, 0.05) is 55.4 Å². The van der Waals surface area contributed by atoms with Crippen LogP contribution in [-0.2, 0) is 13.6 Å². The molecule has 3 heterocycles. The molecule has 0 amide bonds. The quantitative estimate of drug-likeness (QED) is 0.475. The Labute approximate surface area is 190 Å². The zero-order valence-electron chi connectivity index (χ0n) is 18.5. The van der Waals surface area contributed by atoms with Gasteiger partial charge < -0.3 is 9.13 Å². The molecule has 1 saturated carbocycles. The minimum atomic E-state index is -0.162. The van der Waals surface area contributed by atoms with Crippen LogP contribution in [0.2, 0.25) is 0 Å². The number of nitrogens with zero attached hydrogens (tertiary/aromatic N) is 5. The smallest absolute Gasteiger partial charge is 0.251 e. The third kappa shape index (κ3) is 3.70. The lowest BCUT2D eigenvalue weighted by Crippen LogP contribution is -2.18. The van der Waals surface area contributed by atoms with Crippen molar-refractivity contribution in [1.82, 2.24) is 18.9 Å². The molecule has 33 heavy (non-hydrogen) atoms. The highest BCUT2D eigenvalue weighted by atomic mass is 16.1. The normalized spacial score (nSPS) is 13.1. The molecule has 1 aliphatic carbocycles. The first-order valence-corrected chi connectivity index (χ1v) is 11.0. The Balaban J connectivity index is 1.64. The highest BCUT2D eigenvalue weighted by Crippen LogP contribution is 2.42. The van der Waals surface area contributed by atoms with Gasteiger partial charge in [0.25, 0.3) is 11.1 Å². The molecule has 1 aliphatic rings. The van der Waals surface area contributed by atoms with E-state index in [1.165, 1.54) is 4.57 Å². The van der Waals surface area contributed by atoms with Gasteiger partial charge in [-0.1, -0.05) is 12.1 Å². The molecule has 0 aliphatic heterocycles. The molecular weight excluding hydrogens is 414 g/mol. The van der Waals surface area contributed by atoms with Crippen LogP contribution in [0.15, 0.2) is 70.8 Å². The van der Waals surface area contributed by atoms with Crippen LogP contribution in [0.3, 0.4) is 0 Å². The van der Waals surface area contributed by atoms with Crippen LogP contribution in [0.4, 0.5) is 0 Å². The van der Waals surface area contributed by atoms with Crippen LogP contribution in [0.5, 0.6) is 0 Å². The summed E-state index contributed by atoms with van der Waals surface area (Å²) >= 11 is 0. The zero-order chi connectivity index (χ0) is 23.1. The minimum absolute atomic E-state index is 0.118. The van der Waals surface area contributed by atoms with E-state index in [-0.39, 0.29) is 11.1 Å². The van der Waals surface area contributed by atoms with E-state index in [9.17, 15) is 14.9 Å². The van der Waals surface area contributed by atoms with E-state index in [4.69, 9.17) is 0 Å². The second-order valence-electron chi connectivity index (χ2n) is 8.39. The molecule has 3 aromatic heterocycles. The number of benzene rings is 1. The standard InChI is InChI=1S/C26H23N5O2/c1-3-30-10-9-18(11-26(30)33)21-12-25(32)29(2)16-23(21)19-14-28-31(15-19)24-6-4-5-20(17-7-8-17)22(24)13-27/h4-6,9-12,14-17H,3,7-8H2,1-2H3. The number of aromatic nitrogens is 4. The van der Waals surface area contributed by atoms with Gasteiger partial charge in [0.1, 0.15) is 6.07 Å². The summed E-state index contributed by atoms with van der Waals surface area (Å²) in [5.41, 5.74) is 5.12. The highest BCUT2D eigenvalue weighted by molar-refractivity contribution is 5.82. The molecular formula is C26H23N5O2. The second kappa shape index (κ2) is 8.06. The van der Waals surface area contributed by atoms with Crippen molar-refractivity contribution < 1.29 is 0 Å². The molecule has 1 aromatic carbocycles. The number of pyridine rings is 2. The van der Waals surface area contributed by atoms with Gasteiger partial charge in [0.15, 0.2) is 0 Å². The molecule has 5 rings (SSSR count). The monoisotopic (exact) mass is 437 g/mol. The number of nitriles is 1. The largest absolute Gasteiger partial charge is 0.318 e. The summed E-state index contributed by atoms with van der Waals surface area (Å²) in [4.78, 5) is 24.9. The molecule has 0 unspecified atom stereocenters. The number of hydrogen-bond donors (Lipinski definition) is 0. The Morgan fingerprint density at radius 3 is 2.58 bits per heavy atom. The van der Waals surface area contributed by atoms with Crippen molar-refractivity contribution in [2.24, 2.45) is 7.05 Å². The fourth-order valence-corrected chi connectivity index (χ4v) is 4.23. The Bertz CT molecular complexity index is 1530. The maximum absolute atomic E-state index is 12.4. The predicted molar refractivity (Wildman–Crippen MR) is 126 cm³/mol. The van der Waals surface area contributed by atoms with Crippen LogP contribution >= 0.6 is 0 Å². The fraction of sp³-hybridized carbons (Fsp3) is 0.231. The second-order valence-corrected chi connectivity index (χ2v) is 8.39. The average molecular weight is 438 g/mol. The predicted octanol–water partition coefficient (Wildman–Crippen LogP) is 3.84. The van der Waals surface area contributed by atoms with E-state index in [1.54, 1.807) is 47.0 Å². The Morgan fingerprint density at radius 2 is 1.88 bits per heavy atom. The van der Waals surface area contributed by atoms with Crippen LogP contribution in [-0.4, -0.2) is 18.9 Å². The van der Waals surface area contributed by atoms with E-state index in [0.717, 1.165) is 35.2 Å². The summed E-state index contributed by atoms with van der Waals surface area (Å²) < 4.78 is 4.83. The summed E-state index contributed by atoms with van der Waals surface area (Å²) in [6.07, 6.45) is 9.31. The first kappa shape index (κ1) is 20.7. The van der Waals surface area contributed by atoms with Crippen molar-refractivity contribution in [2.75, 3.05) is 0 Å². The SMILES string of the molecule is CCn1ccc(-c2cc(=O)n(C)cc2-c2cnn(-c3cccc(C4CC4)c3C#N)c2)cc1=O. The third-order valence-electron chi connectivity index (χ3n) is 6.22. The van der Waals surface area contributed by atoms with E-state index >= 15 is 0 Å². The first-order valence-electron chi connectivity index (χ1n) is 11.0. The lowest BCUT2D eigenvalue weighted by molar-refractivity contribution is 0.728. The Hall–Kier alpha value is -4.18. The maximum Gasteiger partial charge on any atom is 0.251 e. The van der Waals surface area contributed by atoms with Gasteiger partial charge in [-0.05, 0) is 54.5 Å². The zero-order valence-corrected chi connectivity index (χ0v) is 18.5. The van der Waals surface area contributed by atoms with Crippen LogP contribution in [0.25, 0.3) is 27.9 Å². The van der Waals surface area contributed by atoms with Gasteiger partial charge in [-0.3, -0.25) is 9.59 Å². The van der Waals surface area contributed by atoms with Gasteiger partial charge in [-0.25, -0.2) is 4.68 Å². The van der Waals surface area contributed by atoms with Crippen LogP contribution < -0.4 is 11.1 Å². The summed E-state index contributed by atoms with van der Waals surface area (Å²) in [5, 5.41) is 14.4. The van der Waals surface area contributed by atoms with Gasteiger partial charge in [-0.2, -0.15) is 10.4 Å². The summed E-state index contributed by atoms with van der Waals surface area (Å²) in [5.74, 6) is 0.454. The van der Waals surface area contributed by atoms with Crippen LogP contribution in [0, 0.1) is 11.3 Å². The molecule has 0 saturated heterocycles. The average Bonchev–Trinajstić information content (AvgIpc) is 3.56. The van der Waals surface area contributed by atoms with E-state index in [2.05, 4.69) is 11.2 Å². The summed E-state index contributed by atoms with van der Waals surface area (Å²) in [6.45, 7) is 2.49. The van der Waals surface area contributed by atoms with E-state index in [0.29, 0.717) is 29.2 Å². The molecule has 7 nitrogen and oxygen atoms in total. The molecule has 0 radical (unpaired) electrons. The Kier molecular flexibility index (Phi) is 5.06. The van der Waals surface area contributed by atoms with E-state index in [1.807, 2.05) is 37.4 Å². The first-order chi connectivity index (χ1) is 16.0. The molecule has 4 aromatic rings. The topological polar surface area (TPSA) is 85.6 Å². The number of rotatable bonds is 5. The molecule has 0 atom stereocenters. The third-order valence-corrected chi connectivity index (χ3v) is 6.22.